The van der Waals surface area contributed by atoms with Crippen LogP contribution in [-0.4, -0.2) is 40.9 Å². The van der Waals surface area contributed by atoms with Crippen LogP contribution >= 0.6 is 11.8 Å². The Labute approximate surface area is 138 Å². The molecule has 2 heterocycles. The Kier molecular flexibility index (Phi) is 4.53. The third kappa shape index (κ3) is 3.83. The summed E-state index contributed by atoms with van der Waals surface area (Å²) in [5.74, 6) is 1.71. The Morgan fingerprint density at radius 2 is 1.91 bits per heavy atom. The molecule has 3 aromatic rings. The largest absolute Gasteiger partial charge is 0.461 e. The second kappa shape index (κ2) is 6.59. The van der Waals surface area contributed by atoms with Crippen LogP contribution in [0.2, 0.25) is 0 Å². The smallest absolute Gasteiger partial charge is 0.205 e. The summed E-state index contributed by atoms with van der Waals surface area (Å²) in [6.45, 7) is 0. The molecule has 0 radical (unpaired) electrons. The summed E-state index contributed by atoms with van der Waals surface area (Å²) in [7, 11) is -3.00. The van der Waals surface area contributed by atoms with Gasteiger partial charge in [0, 0.05) is 17.7 Å². The van der Waals surface area contributed by atoms with E-state index in [2.05, 4.69) is 10.2 Å². The molecule has 1 aromatic carbocycles. The van der Waals surface area contributed by atoms with E-state index in [1.54, 1.807) is 12.3 Å². The van der Waals surface area contributed by atoms with Crippen molar-refractivity contribution in [3.8, 4) is 17.3 Å². The Balaban J connectivity index is 1.97. The van der Waals surface area contributed by atoms with Crippen LogP contribution in [0.15, 0.2) is 58.3 Å². The molecular formula is C15H15N3O3S2. The van der Waals surface area contributed by atoms with Crippen molar-refractivity contribution in [1.29, 1.82) is 0 Å². The van der Waals surface area contributed by atoms with Crippen molar-refractivity contribution in [1.82, 2.24) is 14.8 Å². The van der Waals surface area contributed by atoms with Gasteiger partial charge in [0.1, 0.15) is 9.84 Å². The molecule has 0 spiro atoms. The summed E-state index contributed by atoms with van der Waals surface area (Å²) >= 11 is 1.36. The number of nitrogens with zero attached hydrogens (tertiary/aromatic N) is 3. The van der Waals surface area contributed by atoms with Gasteiger partial charge in [0.15, 0.2) is 10.9 Å². The van der Waals surface area contributed by atoms with E-state index in [0.29, 0.717) is 22.5 Å². The molecule has 0 aliphatic carbocycles. The zero-order valence-corrected chi connectivity index (χ0v) is 14.0. The molecule has 0 saturated carbocycles. The number of furan rings is 1. The average Bonchev–Trinajstić information content (AvgIpc) is 3.15. The normalized spacial score (nSPS) is 11.7. The van der Waals surface area contributed by atoms with Crippen LogP contribution in [0.1, 0.15) is 0 Å². The first kappa shape index (κ1) is 15.8. The highest BCUT2D eigenvalue weighted by Crippen LogP contribution is 2.28. The predicted molar refractivity (Wildman–Crippen MR) is 89.5 cm³/mol. The minimum atomic E-state index is -3.00. The van der Waals surface area contributed by atoms with Crippen LogP contribution in [0.3, 0.4) is 0 Å². The first-order valence-corrected chi connectivity index (χ1v) is 9.94. The van der Waals surface area contributed by atoms with Crippen LogP contribution in [0.4, 0.5) is 0 Å². The van der Waals surface area contributed by atoms with Gasteiger partial charge in [-0.1, -0.05) is 30.0 Å². The summed E-state index contributed by atoms with van der Waals surface area (Å²) in [5.41, 5.74) is 0.894. The Bertz CT molecular complexity index is 872. The summed E-state index contributed by atoms with van der Waals surface area (Å²) in [6.07, 6.45) is 2.81. The van der Waals surface area contributed by atoms with Gasteiger partial charge in [0.2, 0.25) is 5.82 Å². The van der Waals surface area contributed by atoms with Crippen LogP contribution < -0.4 is 0 Å². The fraction of sp³-hybridized carbons (Fsp3) is 0.200. The highest BCUT2D eigenvalue weighted by molar-refractivity contribution is 8.00. The molecule has 0 amide bonds. The molecule has 0 atom stereocenters. The standard InChI is InChI=1S/C15H15N3O3S2/c1-23(19,20)11-10-22-15-17-16-14(13-8-5-9-21-13)18(15)12-6-3-2-4-7-12/h2-9H,10-11H2,1H3. The van der Waals surface area contributed by atoms with E-state index < -0.39 is 9.84 Å². The van der Waals surface area contributed by atoms with Crippen molar-refractivity contribution in [2.24, 2.45) is 0 Å². The van der Waals surface area contributed by atoms with Gasteiger partial charge in [-0.3, -0.25) is 4.57 Å². The maximum absolute atomic E-state index is 11.3. The number of hydrogen-bond donors (Lipinski definition) is 0. The third-order valence-electron chi connectivity index (χ3n) is 3.07. The van der Waals surface area contributed by atoms with Gasteiger partial charge in [-0.25, -0.2) is 8.42 Å². The number of thioether (sulfide) groups is 1. The summed E-state index contributed by atoms with van der Waals surface area (Å²) in [4.78, 5) is 0. The van der Waals surface area contributed by atoms with Crippen LogP contribution in [0, 0.1) is 0 Å². The van der Waals surface area contributed by atoms with E-state index in [1.807, 2.05) is 41.0 Å². The summed E-state index contributed by atoms with van der Waals surface area (Å²) < 4.78 is 29.9. The van der Waals surface area contributed by atoms with Gasteiger partial charge in [-0.2, -0.15) is 0 Å². The summed E-state index contributed by atoms with van der Waals surface area (Å²) in [5, 5.41) is 9.02. The Morgan fingerprint density at radius 3 is 2.57 bits per heavy atom. The number of para-hydroxylation sites is 1. The maximum atomic E-state index is 11.3. The molecule has 0 bridgehead atoms. The minimum Gasteiger partial charge on any atom is -0.461 e. The van der Waals surface area contributed by atoms with Crippen molar-refractivity contribution < 1.29 is 12.8 Å². The number of aromatic nitrogens is 3. The second-order valence-electron chi connectivity index (χ2n) is 4.93. The van der Waals surface area contributed by atoms with Crippen LogP contribution in [0.25, 0.3) is 17.3 Å². The van der Waals surface area contributed by atoms with Crippen molar-refractivity contribution in [3.63, 3.8) is 0 Å². The van der Waals surface area contributed by atoms with E-state index in [0.717, 1.165) is 5.69 Å². The fourth-order valence-electron chi connectivity index (χ4n) is 2.02. The van der Waals surface area contributed by atoms with Gasteiger partial charge in [-0.15, -0.1) is 10.2 Å². The zero-order chi connectivity index (χ0) is 16.3. The molecule has 0 saturated heterocycles. The van der Waals surface area contributed by atoms with E-state index in [9.17, 15) is 8.42 Å². The number of benzene rings is 1. The molecule has 8 heteroatoms. The lowest BCUT2D eigenvalue weighted by atomic mass is 10.3. The highest BCUT2D eigenvalue weighted by Gasteiger charge is 2.18. The lowest BCUT2D eigenvalue weighted by molar-refractivity contribution is 0.575. The highest BCUT2D eigenvalue weighted by atomic mass is 32.2. The Morgan fingerprint density at radius 1 is 1.13 bits per heavy atom. The van der Waals surface area contributed by atoms with E-state index >= 15 is 0 Å². The minimum absolute atomic E-state index is 0.0927. The topological polar surface area (TPSA) is 78.0 Å². The molecule has 3 rings (SSSR count). The molecule has 23 heavy (non-hydrogen) atoms. The number of hydrogen-bond acceptors (Lipinski definition) is 6. The lowest BCUT2D eigenvalue weighted by Crippen LogP contribution is -2.06. The first-order valence-electron chi connectivity index (χ1n) is 6.90. The van der Waals surface area contributed by atoms with Crippen molar-refractivity contribution in [2.45, 2.75) is 5.16 Å². The second-order valence-corrected chi connectivity index (χ2v) is 8.25. The molecule has 0 unspecified atom stereocenters. The molecule has 2 aromatic heterocycles. The molecule has 0 fully saturated rings. The lowest BCUT2D eigenvalue weighted by Gasteiger charge is -2.08. The van der Waals surface area contributed by atoms with E-state index in [1.165, 1.54) is 18.0 Å². The SMILES string of the molecule is CS(=O)(=O)CCSc1nnc(-c2ccco2)n1-c1ccccc1. The number of rotatable bonds is 6. The molecular weight excluding hydrogens is 334 g/mol. The van der Waals surface area contributed by atoms with Gasteiger partial charge in [0.05, 0.1) is 12.0 Å². The molecule has 0 aliphatic rings. The maximum Gasteiger partial charge on any atom is 0.205 e. The monoisotopic (exact) mass is 349 g/mol. The first-order chi connectivity index (χ1) is 11.0. The van der Waals surface area contributed by atoms with Gasteiger partial charge >= 0.3 is 0 Å². The van der Waals surface area contributed by atoms with Crippen molar-refractivity contribution >= 4 is 21.6 Å². The molecule has 0 N–H and O–H groups in total. The van der Waals surface area contributed by atoms with Gasteiger partial charge in [-0.05, 0) is 24.3 Å². The quantitative estimate of drug-likeness (QED) is 0.637. The predicted octanol–water partition coefficient (Wildman–Crippen LogP) is 2.66. The van der Waals surface area contributed by atoms with Crippen LogP contribution in [0.5, 0.6) is 0 Å². The Hall–Kier alpha value is -2.06. The third-order valence-corrected chi connectivity index (χ3v) is 5.21. The molecule has 120 valence electrons. The van der Waals surface area contributed by atoms with Gasteiger partial charge < -0.3 is 4.42 Å². The molecule has 0 aliphatic heterocycles. The van der Waals surface area contributed by atoms with E-state index in [4.69, 9.17) is 4.42 Å². The zero-order valence-electron chi connectivity index (χ0n) is 12.4. The number of sulfone groups is 1. The summed E-state index contributed by atoms with van der Waals surface area (Å²) in [6, 6.07) is 13.3. The molecule has 6 nitrogen and oxygen atoms in total. The average molecular weight is 349 g/mol. The van der Waals surface area contributed by atoms with E-state index in [-0.39, 0.29) is 5.75 Å². The van der Waals surface area contributed by atoms with Gasteiger partial charge in [0.25, 0.3) is 0 Å². The van der Waals surface area contributed by atoms with Crippen molar-refractivity contribution in [3.05, 3.63) is 48.7 Å². The fourth-order valence-corrected chi connectivity index (χ4v) is 4.17. The van der Waals surface area contributed by atoms with Crippen LogP contribution in [-0.2, 0) is 9.84 Å². The van der Waals surface area contributed by atoms with Crippen molar-refractivity contribution in [2.75, 3.05) is 17.8 Å².